The summed E-state index contributed by atoms with van der Waals surface area (Å²) in [6.07, 6.45) is 7.95. The van der Waals surface area contributed by atoms with Crippen molar-refractivity contribution in [3.63, 3.8) is 0 Å². The van der Waals surface area contributed by atoms with Gasteiger partial charge in [0.05, 0.1) is 18.7 Å². The number of likely N-dealkylation sites (N-methyl/N-ethyl adjacent to an activating group) is 1. The Bertz CT molecular complexity index is 489. The Kier molecular flexibility index (Phi) is 3.06. The Labute approximate surface area is 102 Å². The van der Waals surface area contributed by atoms with Gasteiger partial charge in [-0.15, -0.1) is 0 Å². The third kappa shape index (κ3) is 1.76. The van der Waals surface area contributed by atoms with E-state index in [0.29, 0.717) is 0 Å². The van der Waals surface area contributed by atoms with Gasteiger partial charge in [-0.05, 0) is 31.6 Å². The third-order valence-electron chi connectivity index (χ3n) is 3.29. The van der Waals surface area contributed by atoms with E-state index in [1.165, 1.54) is 0 Å². The van der Waals surface area contributed by atoms with Gasteiger partial charge in [-0.1, -0.05) is 12.2 Å². The molecule has 0 saturated carbocycles. The van der Waals surface area contributed by atoms with E-state index in [1.807, 2.05) is 25.2 Å². The summed E-state index contributed by atoms with van der Waals surface area (Å²) in [4.78, 5) is 2.23. The van der Waals surface area contributed by atoms with Crippen LogP contribution in [0.25, 0.3) is 0 Å². The lowest BCUT2D eigenvalue weighted by molar-refractivity contribution is 0.306. The van der Waals surface area contributed by atoms with Crippen molar-refractivity contribution in [2.75, 3.05) is 13.7 Å². The molecule has 1 aliphatic heterocycles. The second-order valence-corrected chi connectivity index (χ2v) is 4.06. The molecule has 0 bridgehead atoms. The average Bonchev–Trinajstić information content (AvgIpc) is 2.49. The zero-order valence-corrected chi connectivity index (χ0v) is 10.4. The van der Waals surface area contributed by atoms with Gasteiger partial charge in [-0.2, -0.15) is 5.26 Å². The first kappa shape index (κ1) is 11.5. The van der Waals surface area contributed by atoms with Crippen LogP contribution >= 0.6 is 0 Å². The standard InChI is InChI=1S/C14H16N2O/c1-4-16-10(2)13(9-15)12-7-5-11(17-3)6-8-14(12)16/h5-8,14H,4H2,1-3H3. The summed E-state index contributed by atoms with van der Waals surface area (Å²) in [5.74, 6) is 0.817. The molecule has 0 aromatic rings. The van der Waals surface area contributed by atoms with Gasteiger partial charge in [-0.3, -0.25) is 0 Å². The molecular formula is C14H16N2O. The molecule has 1 heterocycles. The fourth-order valence-corrected chi connectivity index (χ4v) is 2.40. The van der Waals surface area contributed by atoms with E-state index in [-0.39, 0.29) is 6.04 Å². The molecule has 88 valence electrons. The number of methoxy groups -OCH3 is 1. The molecule has 0 spiro atoms. The predicted octanol–water partition coefficient (Wildman–Crippen LogP) is 2.51. The molecule has 0 amide bonds. The number of hydrogen-bond acceptors (Lipinski definition) is 3. The number of fused-ring (bicyclic) bond motifs is 1. The molecule has 0 N–H and O–H groups in total. The van der Waals surface area contributed by atoms with Crippen LogP contribution in [0, 0.1) is 11.3 Å². The lowest BCUT2D eigenvalue weighted by Gasteiger charge is -2.24. The summed E-state index contributed by atoms with van der Waals surface area (Å²) < 4.78 is 5.21. The highest BCUT2D eigenvalue weighted by molar-refractivity contribution is 5.56. The minimum atomic E-state index is 0.165. The summed E-state index contributed by atoms with van der Waals surface area (Å²) in [5.41, 5.74) is 2.91. The number of nitriles is 1. The van der Waals surface area contributed by atoms with Crippen molar-refractivity contribution < 1.29 is 4.74 Å². The van der Waals surface area contributed by atoms with Crippen molar-refractivity contribution in [2.45, 2.75) is 19.9 Å². The first-order chi connectivity index (χ1) is 8.22. The zero-order chi connectivity index (χ0) is 12.4. The zero-order valence-electron chi connectivity index (χ0n) is 10.4. The van der Waals surface area contributed by atoms with E-state index >= 15 is 0 Å². The minimum absolute atomic E-state index is 0.165. The molecule has 1 atom stereocenters. The summed E-state index contributed by atoms with van der Waals surface area (Å²) in [6, 6.07) is 2.47. The number of allylic oxidation sites excluding steroid dienone is 4. The maximum atomic E-state index is 9.25. The lowest BCUT2D eigenvalue weighted by atomic mass is 10.0. The highest BCUT2D eigenvalue weighted by Crippen LogP contribution is 2.35. The normalized spacial score (nSPS) is 22.7. The van der Waals surface area contributed by atoms with Gasteiger partial charge in [0, 0.05) is 12.2 Å². The van der Waals surface area contributed by atoms with Crippen molar-refractivity contribution in [1.29, 1.82) is 5.26 Å². The van der Waals surface area contributed by atoms with E-state index in [4.69, 9.17) is 4.74 Å². The predicted molar refractivity (Wildman–Crippen MR) is 66.8 cm³/mol. The van der Waals surface area contributed by atoms with Crippen LogP contribution in [0.2, 0.25) is 0 Å². The fraction of sp³-hybridized carbons (Fsp3) is 0.357. The minimum Gasteiger partial charge on any atom is -0.497 e. The number of ether oxygens (including phenoxy) is 1. The Morgan fingerprint density at radius 1 is 1.47 bits per heavy atom. The van der Waals surface area contributed by atoms with E-state index in [0.717, 1.165) is 29.1 Å². The highest BCUT2D eigenvalue weighted by atomic mass is 16.5. The van der Waals surface area contributed by atoms with Crippen LogP contribution in [0.1, 0.15) is 13.8 Å². The van der Waals surface area contributed by atoms with E-state index in [1.54, 1.807) is 7.11 Å². The molecule has 1 aliphatic carbocycles. The van der Waals surface area contributed by atoms with Crippen molar-refractivity contribution in [1.82, 2.24) is 4.90 Å². The first-order valence-corrected chi connectivity index (χ1v) is 5.75. The largest absolute Gasteiger partial charge is 0.497 e. The second-order valence-electron chi connectivity index (χ2n) is 4.06. The Balaban J connectivity index is 2.49. The summed E-state index contributed by atoms with van der Waals surface area (Å²) in [7, 11) is 1.65. The van der Waals surface area contributed by atoms with E-state index in [2.05, 4.69) is 24.0 Å². The van der Waals surface area contributed by atoms with Crippen LogP contribution in [-0.2, 0) is 4.74 Å². The molecule has 0 fully saturated rings. The quantitative estimate of drug-likeness (QED) is 0.728. The Hall–Kier alpha value is -1.95. The van der Waals surface area contributed by atoms with Crippen molar-refractivity contribution in [3.05, 3.63) is 46.9 Å². The van der Waals surface area contributed by atoms with Gasteiger partial charge in [0.2, 0.25) is 0 Å². The Morgan fingerprint density at radius 2 is 2.24 bits per heavy atom. The molecule has 3 nitrogen and oxygen atoms in total. The SMILES string of the molecule is CCN1C(C)=C(C#N)C2=CC=C(OC)C=CC21. The maximum absolute atomic E-state index is 9.25. The van der Waals surface area contributed by atoms with Crippen molar-refractivity contribution >= 4 is 0 Å². The molecule has 3 heteroatoms. The van der Waals surface area contributed by atoms with Crippen LogP contribution in [0.4, 0.5) is 0 Å². The van der Waals surface area contributed by atoms with Crippen LogP contribution < -0.4 is 0 Å². The van der Waals surface area contributed by atoms with Crippen LogP contribution in [0.3, 0.4) is 0 Å². The van der Waals surface area contributed by atoms with Crippen LogP contribution in [0.15, 0.2) is 46.9 Å². The van der Waals surface area contributed by atoms with Gasteiger partial charge >= 0.3 is 0 Å². The van der Waals surface area contributed by atoms with Crippen molar-refractivity contribution in [2.24, 2.45) is 0 Å². The highest BCUT2D eigenvalue weighted by Gasteiger charge is 2.31. The molecule has 2 aliphatic rings. The van der Waals surface area contributed by atoms with Gasteiger partial charge in [-0.25, -0.2) is 0 Å². The maximum Gasteiger partial charge on any atom is 0.118 e. The van der Waals surface area contributed by atoms with Crippen molar-refractivity contribution in [3.8, 4) is 6.07 Å². The molecular weight excluding hydrogens is 212 g/mol. The van der Waals surface area contributed by atoms with Gasteiger partial charge in [0.25, 0.3) is 0 Å². The van der Waals surface area contributed by atoms with E-state index < -0.39 is 0 Å². The smallest absolute Gasteiger partial charge is 0.118 e. The number of hydrogen-bond donors (Lipinski definition) is 0. The summed E-state index contributed by atoms with van der Waals surface area (Å²) in [5, 5.41) is 9.25. The van der Waals surface area contributed by atoms with Gasteiger partial charge in [0.15, 0.2) is 0 Å². The van der Waals surface area contributed by atoms with Crippen LogP contribution in [0.5, 0.6) is 0 Å². The molecule has 0 aromatic carbocycles. The summed E-state index contributed by atoms with van der Waals surface area (Å²) in [6.45, 7) is 5.00. The second kappa shape index (κ2) is 4.50. The van der Waals surface area contributed by atoms with Crippen LogP contribution in [-0.4, -0.2) is 24.6 Å². The Morgan fingerprint density at radius 3 is 2.82 bits per heavy atom. The molecule has 0 aromatic heterocycles. The first-order valence-electron chi connectivity index (χ1n) is 5.75. The molecule has 0 saturated heterocycles. The monoisotopic (exact) mass is 228 g/mol. The molecule has 2 rings (SSSR count). The average molecular weight is 228 g/mol. The lowest BCUT2D eigenvalue weighted by Crippen LogP contribution is -2.28. The van der Waals surface area contributed by atoms with Gasteiger partial charge < -0.3 is 9.64 Å². The topological polar surface area (TPSA) is 36.3 Å². The molecule has 0 radical (unpaired) electrons. The molecule has 1 unspecified atom stereocenters. The fourth-order valence-electron chi connectivity index (χ4n) is 2.40. The number of rotatable bonds is 2. The third-order valence-corrected chi connectivity index (χ3v) is 3.29. The van der Waals surface area contributed by atoms with E-state index in [9.17, 15) is 5.26 Å². The summed E-state index contributed by atoms with van der Waals surface area (Å²) >= 11 is 0. The molecule has 17 heavy (non-hydrogen) atoms. The number of nitrogens with zero attached hydrogens (tertiary/aromatic N) is 2. The van der Waals surface area contributed by atoms with Gasteiger partial charge in [0.1, 0.15) is 11.8 Å².